The lowest BCUT2D eigenvalue weighted by atomic mass is 9.89. The van der Waals surface area contributed by atoms with E-state index in [0.717, 1.165) is 16.4 Å². The molecule has 0 saturated carbocycles. The Morgan fingerprint density at radius 1 is 0.897 bits per heavy atom. The Kier molecular flexibility index (Phi) is 13.0. The molecule has 2 aromatic heterocycles. The van der Waals surface area contributed by atoms with E-state index in [2.05, 4.69) is 35.2 Å². The number of anilines is 3. The van der Waals surface area contributed by atoms with Gasteiger partial charge >= 0.3 is 10.2 Å². The summed E-state index contributed by atoms with van der Waals surface area (Å²) < 4.78 is 80.1. The highest BCUT2D eigenvalue weighted by atomic mass is 32.2. The third kappa shape index (κ3) is 9.78. The number of rotatable bonds is 12. The van der Waals surface area contributed by atoms with Gasteiger partial charge in [0.1, 0.15) is 41.7 Å². The fourth-order valence-electron chi connectivity index (χ4n) is 8.86. The van der Waals surface area contributed by atoms with Gasteiger partial charge in [0.15, 0.2) is 11.6 Å². The van der Waals surface area contributed by atoms with Gasteiger partial charge in [-0.3, -0.25) is 38.7 Å². The van der Waals surface area contributed by atoms with Crippen LogP contribution >= 0.6 is 0 Å². The molecule has 0 bridgehead atoms. The van der Waals surface area contributed by atoms with Crippen LogP contribution in [0.4, 0.5) is 30.5 Å². The van der Waals surface area contributed by atoms with Gasteiger partial charge in [-0.15, -0.1) is 0 Å². The maximum absolute atomic E-state index is 15.3. The van der Waals surface area contributed by atoms with Gasteiger partial charge in [0.2, 0.25) is 23.7 Å². The van der Waals surface area contributed by atoms with Gasteiger partial charge in [0, 0.05) is 51.4 Å². The summed E-state index contributed by atoms with van der Waals surface area (Å²) in [5.74, 6) is -2.32. The van der Waals surface area contributed by atoms with E-state index in [9.17, 15) is 37.2 Å². The molecule has 5 aromatic rings. The summed E-state index contributed by atoms with van der Waals surface area (Å²) in [7, 11) is -4.27. The summed E-state index contributed by atoms with van der Waals surface area (Å²) in [6, 6.07) is 12.2. The van der Waals surface area contributed by atoms with Crippen molar-refractivity contribution >= 4 is 56.2 Å². The minimum Gasteiger partial charge on any atom is -0.453 e. The number of aromatic nitrogens is 4. The van der Waals surface area contributed by atoms with Crippen LogP contribution in [0.5, 0.6) is 11.5 Å². The Labute approximate surface area is 387 Å². The lowest BCUT2D eigenvalue weighted by Gasteiger charge is -2.37. The average molecular weight is 955 g/mol. The van der Waals surface area contributed by atoms with Crippen LogP contribution in [-0.2, 0) is 24.6 Å². The molecule has 0 spiro atoms. The number of likely N-dealkylation sites (tertiary alicyclic amines) is 1. The summed E-state index contributed by atoms with van der Waals surface area (Å²) in [4.78, 5) is 69.9. The Morgan fingerprint density at radius 2 is 1.66 bits per heavy atom. The molecule has 23 heteroatoms. The summed E-state index contributed by atoms with van der Waals surface area (Å²) in [5.41, 5.74) is 0.382. The molecule has 9 rings (SSSR count). The van der Waals surface area contributed by atoms with Gasteiger partial charge in [0.05, 0.1) is 41.2 Å². The number of hydrogen-bond acceptors (Lipinski definition) is 14. The number of carbonyl (C=O) groups is 3. The van der Waals surface area contributed by atoms with Crippen LogP contribution in [0.25, 0.3) is 16.6 Å². The van der Waals surface area contributed by atoms with Crippen molar-refractivity contribution in [1.82, 2.24) is 38.9 Å². The molecular formula is C45H45F3N12O7S. The van der Waals surface area contributed by atoms with E-state index < -0.39 is 51.0 Å². The molecular weight excluding hydrogens is 910 g/mol. The van der Waals surface area contributed by atoms with Crippen LogP contribution in [0.2, 0.25) is 0 Å². The fourth-order valence-corrected chi connectivity index (χ4v) is 10.1. The van der Waals surface area contributed by atoms with Crippen LogP contribution in [-0.4, -0.2) is 131 Å². The molecule has 0 radical (unpaired) electrons. The van der Waals surface area contributed by atoms with Crippen molar-refractivity contribution < 1.29 is 40.7 Å². The lowest BCUT2D eigenvalue weighted by molar-refractivity contribution is -0.134. The number of fused-ring (bicyclic) bond motifs is 1. The molecule has 3 aromatic carbocycles. The molecule has 4 saturated heterocycles. The van der Waals surface area contributed by atoms with Crippen LogP contribution in [0.1, 0.15) is 49.1 Å². The number of ether oxygens (including phenoxy) is 1. The number of halogens is 3. The number of amides is 3. The number of piperazine rings is 1. The van der Waals surface area contributed by atoms with Gasteiger partial charge in [-0.2, -0.15) is 18.0 Å². The summed E-state index contributed by atoms with van der Waals surface area (Å²) in [6.07, 6.45) is 4.87. The van der Waals surface area contributed by atoms with Gasteiger partial charge in [-0.25, -0.2) is 28.1 Å². The Balaban J connectivity index is 0.781. The first-order valence-electron chi connectivity index (χ1n) is 22.0. The number of nitrogens with zero attached hydrogens (tertiary/aromatic N) is 9. The molecule has 2 atom stereocenters. The first-order chi connectivity index (χ1) is 32.7. The first-order valence-corrected chi connectivity index (χ1v) is 23.5. The standard InChI is InChI=1S/C45H45F3N12O7S/c46-28-11-14-59(24-28)68(65,66)55-38-6-4-35(47)42(34(38)21-49)67-31-2-5-37-33(20-31)44(64)60(26-52-37)30-22-50-45(51-23-30)58-17-15-57(16-18-58)41(62)25-56-12-9-27(10-13-56)32-3-1-29(19-36(32)48)53-39-7-8-40(61)54-43(39)63/h1-6,19-20,22-23,26-28,39,53,55H,7-18,24-25H2,(H,54,61,63)/t28-,39-/m1/s1. The highest BCUT2D eigenvalue weighted by Gasteiger charge is 2.33. The van der Waals surface area contributed by atoms with Crippen molar-refractivity contribution in [1.29, 1.82) is 5.26 Å². The Morgan fingerprint density at radius 3 is 2.35 bits per heavy atom. The third-order valence-corrected chi connectivity index (χ3v) is 14.1. The number of imide groups is 1. The van der Waals surface area contributed by atoms with E-state index in [-0.39, 0.29) is 78.4 Å². The number of carbonyl (C=O) groups excluding carboxylic acids is 3. The smallest absolute Gasteiger partial charge is 0.301 e. The minimum absolute atomic E-state index is 0.00541. The van der Waals surface area contributed by atoms with Crippen LogP contribution in [0, 0.1) is 23.0 Å². The topological polar surface area (TPSA) is 228 Å². The van der Waals surface area contributed by atoms with Crippen LogP contribution in [0.15, 0.2) is 72.0 Å². The molecule has 6 heterocycles. The van der Waals surface area contributed by atoms with Crippen molar-refractivity contribution in [3.05, 3.63) is 100 Å². The van der Waals surface area contributed by atoms with Crippen molar-refractivity contribution in [3.8, 4) is 23.3 Å². The number of nitrogens with one attached hydrogen (secondary N) is 3. The normalized spacial score (nSPS) is 19.7. The summed E-state index contributed by atoms with van der Waals surface area (Å²) in [6.45, 7) is 2.94. The Bertz CT molecular complexity index is 2990. The zero-order valence-corrected chi connectivity index (χ0v) is 37.2. The molecule has 19 nitrogen and oxygen atoms in total. The highest BCUT2D eigenvalue weighted by molar-refractivity contribution is 7.90. The fraction of sp³-hybridized carbons (Fsp3) is 0.378. The number of piperidine rings is 2. The van der Waals surface area contributed by atoms with Crippen molar-refractivity contribution in [2.24, 2.45) is 0 Å². The molecule has 3 N–H and O–H groups in total. The van der Waals surface area contributed by atoms with Crippen LogP contribution in [0.3, 0.4) is 0 Å². The van der Waals surface area contributed by atoms with E-state index in [4.69, 9.17) is 4.74 Å². The monoisotopic (exact) mass is 954 g/mol. The largest absolute Gasteiger partial charge is 0.453 e. The van der Waals surface area contributed by atoms with Crippen LogP contribution < -0.4 is 30.6 Å². The third-order valence-electron chi connectivity index (χ3n) is 12.6. The summed E-state index contributed by atoms with van der Waals surface area (Å²) >= 11 is 0. The van der Waals surface area contributed by atoms with E-state index in [0.29, 0.717) is 81.4 Å². The predicted octanol–water partition coefficient (Wildman–Crippen LogP) is 3.56. The highest BCUT2D eigenvalue weighted by Crippen LogP contribution is 2.35. The zero-order valence-electron chi connectivity index (χ0n) is 36.4. The lowest BCUT2D eigenvalue weighted by Crippen LogP contribution is -2.52. The van der Waals surface area contributed by atoms with E-state index in [1.54, 1.807) is 23.1 Å². The maximum Gasteiger partial charge on any atom is 0.301 e. The Hall–Kier alpha value is -7.16. The molecule has 68 heavy (non-hydrogen) atoms. The minimum atomic E-state index is -4.27. The summed E-state index contributed by atoms with van der Waals surface area (Å²) in [5, 5.41) is 15.3. The molecule has 4 aliphatic heterocycles. The number of hydrogen-bond donors (Lipinski definition) is 3. The second-order valence-electron chi connectivity index (χ2n) is 17.0. The molecule has 0 aliphatic carbocycles. The molecule has 3 amide bonds. The van der Waals surface area contributed by atoms with E-state index in [1.807, 2.05) is 4.90 Å². The SMILES string of the molecule is N#Cc1c(NS(=O)(=O)N2CC[C@@H](F)C2)ccc(F)c1Oc1ccc2ncn(-c3cnc(N4CCN(C(=O)CN5CCC(c6ccc(N[C@@H]7CCC(=O)NC7=O)cc6F)CC5)CC4)nc3)c(=O)c2c1. The van der Waals surface area contributed by atoms with Crippen molar-refractivity contribution in [2.75, 3.05) is 73.8 Å². The quantitative estimate of drug-likeness (QED) is 0.152. The number of alkyl halides is 1. The second-order valence-corrected chi connectivity index (χ2v) is 18.7. The van der Waals surface area contributed by atoms with Crippen molar-refractivity contribution in [3.63, 3.8) is 0 Å². The molecule has 0 unspecified atom stereocenters. The van der Waals surface area contributed by atoms with E-state index in [1.165, 1.54) is 47.6 Å². The van der Waals surface area contributed by atoms with Gasteiger partial charge in [-0.05, 0) is 92.7 Å². The van der Waals surface area contributed by atoms with Gasteiger partial charge < -0.3 is 19.9 Å². The number of benzene rings is 3. The first kappa shape index (κ1) is 46.0. The predicted molar refractivity (Wildman–Crippen MR) is 241 cm³/mol. The number of nitriles is 1. The zero-order chi connectivity index (χ0) is 47.7. The molecule has 354 valence electrons. The molecule has 4 aliphatic rings. The average Bonchev–Trinajstić information content (AvgIpc) is 3.79. The maximum atomic E-state index is 15.3. The van der Waals surface area contributed by atoms with E-state index >= 15 is 8.78 Å². The second kappa shape index (κ2) is 19.2. The molecule has 4 fully saturated rings. The van der Waals surface area contributed by atoms with Gasteiger partial charge in [0.25, 0.3) is 5.56 Å². The van der Waals surface area contributed by atoms with Gasteiger partial charge in [-0.1, -0.05) is 6.07 Å². The van der Waals surface area contributed by atoms with Crippen molar-refractivity contribution in [2.45, 2.75) is 50.2 Å².